The van der Waals surface area contributed by atoms with Gasteiger partial charge in [0.2, 0.25) is 0 Å². The summed E-state index contributed by atoms with van der Waals surface area (Å²) in [7, 11) is 0. The van der Waals surface area contributed by atoms with Gasteiger partial charge >= 0.3 is 6.03 Å². The third-order valence-corrected chi connectivity index (χ3v) is 5.41. The summed E-state index contributed by atoms with van der Waals surface area (Å²) in [6, 6.07) is 12.2. The Morgan fingerprint density at radius 2 is 1.52 bits per heavy atom. The molecule has 2 amide bonds. The summed E-state index contributed by atoms with van der Waals surface area (Å²) in [5.41, 5.74) is 3.24. The van der Waals surface area contributed by atoms with E-state index in [1.54, 1.807) is 0 Å². The van der Waals surface area contributed by atoms with Crippen LogP contribution in [0, 0.1) is 0 Å². The minimum absolute atomic E-state index is 0.0137. The Hall–Kier alpha value is -2.76. The molecule has 2 aliphatic heterocycles. The maximum Gasteiger partial charge on any atom is 0.321 e. The number of aromatic nitrogens is 1. The molecule has 0 spiro atoms. The largest absolute Gasteiger partial charge is 0.371 e. The number of hydrogen-bond donors (Lipinski definition) is 1. The van der Waals surface area contributed by atoms with Crippen molar-refractivity contribution in [3.63, 3.8) is 0 Å². The minimum Gasteiger partial charge on any atom is -0.371 e. The van der Waals surface area contributed by atoms with Crippen LogP contribution in [0.15, 0.2) is 48.8 Å². The first-order valence-corrected chi connectivity index (χ1v) is 9.85. The smallest absolute Gasteiger partial charge is 0.321 e. The van der Waals surface area contributed by atoms with Gasteiger partial charge < -0.3 is 20.0 Å². The highest BCUT2D eigenvalue weighted by atomic mass is 16.2. The van der Waals surface area contributed by atoms with E-state index >= 15 is 0 Å². The number of carbonyl (C=O) groups excluding carboxylic acids is 1. The van der Waals surface area contributed by atoms with Gasteiger partial charge in [-0.05, 0) is 49.6 Å². The number of anilines is 3. The third-order valence-electron chi connectivity index (χ3n) is 5.41. The average Bonchev–Trinajstić information content (AvgIpc) is 2.75. The average molecular weight is 365 g/mol. The second-order valence-corrected chi connectivity index (χ2v) is 7.21. The number of rotatable bonds is 3. The van der Waals surface area contributed by atoms with Crippen molar-refractivity contribution in [3.8, 4) is 0 Å². The van der Waals surface area contributed by atoms with Gasteiger partial charge in [-0.15, -0.1) is 0 Å². The van der Waals surface area contributed by atoms with E-state index in [9.17, 15) is 4.79 Å². The molecule has 4 rings (SSSR count). The van der Waals surface area contributed by atoms with E-state index in [1.165, 1.54) is 30.6 Å². The van der Waals surface area contributed by atoms with E-state index in [-0.39, 0.29) is 6.03 Å². The molecule has 6 heteroatoms. The highest BCUT2D eigenvalue weighted by Gasteiger charge is 2.21. The molecule has 2 fully saturated rings. The number of amides is 2. The van der Waals surface area contributed by atoms with Gasteiger partial charge in [-0.3, -0.25) is 4.98 Å². The Kier molecular flexibility index (Phi) is 5.42. The summed E-state index contributed by atoms with van der Waals surface area (Å²) in [4.78, 5) is 23.3. The van der Waals surface area contributed by atoms with E-state index in [1.807, 2.05) is 41.6 Å². The summed E-state index contributed by atoms with van der Waals surface area (Å²) < 4.78 is 0. The molecule has 0 bridgehead atoms. The number of hydrogen-bond acceptors (Lipinski definition) is 4. The van der Waals surface area contributed by atoms with Crippen LogP contribution in [0.3, 0.4) is 0 Å². The molecule has 2 aromatic rings. The maximum atomic E-state index is 12.7. The van der Waals surface area contributed by atoms with Crippen LogP contribution in [0.25, 0.3) is 0 Å². The van der Waals surface area contributed by atoms with E-state index in [4.69, 9.17) is 0 Å². The van der Waals surface area contributed by atoms with Crippen molar-refractivity contribution in [2.45, 2.75) is 19.3 Å². The Bertz CT molecular complexity index is 752. The van der Waals surface area contributed by atoms with Gasteiger partial charge in [-0.25, -0.2) is 4.79 Å². The Balaban J connectivity index is 1.33. The molecule has 0 saturated carbocycles. The van der Waals surface area contributed by atoms with Crippen LogP contribution in [0.1, 0.15) is 19.3 Å². The first-order valence-electron chi connectivity index (χ1n) is 9.85. The summed E-state index contributed by atoms with van der Waals surface area (Å²) in [6.07, 6.45) is 7.43. The molecule has 0 atom stereocenters. The minimum atomic E-state index is -0.0137. The number of urea groups is 1. The number of carbonyl (C=O) groups is 1. The normalized spacial score (nSPS) is 17.7. The fourth-order valence-electron chi connectivity index (χ4n) is 3.86. The first kappa shape index (κ1) is 17.6. The van der Waals surface area contributed by atoms with Crippen molar-refractivity contribution in [1.82, 2.24) is 9.88 Å². The fraction of sp³-hybridized carbons (Fsp3) is 0.429. The lowest BCUT2D eigenvalue weighted by molar-refractivity contribution is 0.208. The quantitative estimate of drug-likeness (QED) is 0.905. The molecule has 0 unspecified atom stereocenters. The predicted molar refractivity (Wildman–Crippen MR) is 110 cm³/mol. The van der Waals surface area contributed by atoms with Crippen LogP contribution in [-0.2, 0) is 0 Å². The number of pyridine rings is 1. The molecule has 3 heterocycles. The Morgan fingerprint density at radius 3 is 2.26 bits per heavy atom. The van der Waals surface area contributed by atoms with Gasteiger partial charge in [0.25, 0.3) is 0 Å². The molecule has 2 saturated heterocycles. The van der Waals surface area contributed by atoms with Crippen molar-refractivity contribution in [2.75, 3.05) is 54.4 Å². The van der Waals surface area contributed by atoms with Crippen molar-refractivity contribution in [3.05, 3.63) is 48.8 Å². The van der Waals surface area contributed by atoms with Crippen LogP contribution in [0.5, 0.6) is 0 Å². The molecule has 0 radical (unpaired) electrons. The number of piperazine rings is 1. The standard InChI is InChI=1S/C21H27N5O/c27-21(26-15-13-25(14-16-26)19-7-9-22-10-8-19)23-18-5-4-6-20(17-18)24-11-2-1-3-12-24/h4-10,17H,1-3,11-16H2,(H,23,27). The van der Waals surface area contributed by atoms with Gasteiger partial charge in [0.05, 0.1) is 0 Å². The highest BCUT2D eigenvalue weighted by Crippen LogP contribution is 2.23. The van der Waals surface area contributed by atoms with E-state index in [2.05, 4.69) is 32.2 Å². The molecule has 1 aromatic heterocycles. The van der Waals surface area contributed by atoms with Crippen LogP contribution < -0.4 is 15.1 Å². The van der Waals surface area contributed by atoms with E-state index in [0.717, 1.165) is 45.0 Å². The van der Waals surface area contributed by atoms with Crippen LogP contribution in [-0.4, -0.2) is 55.2 Å². The zero-order valence-electron chi connectivity index (χ0n) is 15.7. The summed E-state index contributed by atoms with van der Waals surface area (Å²) in [5.74, 6) is 0. The fourth-order valence-corrected chi connectivity index (χ4v) is 3.86. The molecule has 27 heavy (non-hydrogen) atoms. The maximum absolute atomic E-state index is 12.7. The van der Waals surface area contributed by atoms with Gasteiger partial charge in [0.15, 0.2) is 0 Å². The molecule has 0 aliphatic carbocycles. The molecular weight excluding hydrogens is 338 g/mol. The molecule has 1 N–H and O–H groups in total. The van der Waals surface area contributed by atoms with Crippen LogP contribution >= 0.6 is 0 Å². The second-order valence-electron chi connectivity index (χ2n) is 7.21. The lowest BCUT2D eigenvalue weighted by Gasteiger charge is -2.36. The van der Waals surface area contributed by atoms with E-state index in [0.29, 0.717) is 0 Å². The lowest BCUT2D eigenvalue weighted by atomic mass is 10.1. The topological polar surface area (TPSA) is 51.7 Å². The van der Waals surface area contributed by atoms with Crippen molar-refractivity contribution in [2.24, 2.45) is 0 Å². The molecule has 2 aliphatic rings. The van der Waals surface area contributed by atoms with E-state index < -0.39 is 0 Å². The summed E-state index contributed by atoms with van der Waals surface area (Å²) >= 11 is 0. The molecular formula is C21H27N5O. The van der Waals surface area contributed by atoms with Crippen LogP contribution in [0.4, 0.5) is 21.9 Å². The molecule has 6 nitrogen and oxygen atoms in total. The van der Waals surface area contributed by atoms with Crippen molar-refractivity contribution >= 4 is 23.1 Å². The van der Waals surface area contributed by atoms with Gasteiger partial charge in [0.1, 0.15) is 0 Å². The zero-order valence-corrected chi connectivity index (χ0v) is 15.7. The van der Waals surface area contributed by atoms with Gasteiger partial charge in [-0.1, -0.05) is 6.07 Å². The Morgan fingerprint density at radius 1 is 0.815 bits per heavy atom. The monoisotopic (exact) mass is 365 g/mol. The number of piperidine rings is 1. The molecule has 1 aromatic carbocycles. The summed E-state index contributed by atoms with van der Waals surface area (Å²) in [6.45, 7) is 5.33. The number of nitrogens with one attached hydrogen (secondary N) is 1. The second kappa shape index (κ2) is 8.29. The SMILES string of the molecule is O=C(Nc1cccc(N2CCCCC2)c1)N1CCN(c2ccncc2)CC1. The summed E-state index contributed by atoms with van der Waals surface area (Å²) in [5, 5.41) is 3.08. The first-order chi connectivity index (χ1) is 13.3. The van der Waals surface area contributed by atoms with Gasteiger partial charge in [0, 0.05) is 68.7 Å². The predicted octanol–water partition coefficient (Wildman–Crippen LogP) is 3.43. The number of nitrogens with zero attached hydrogens (tertiary/aromatic N) is 4. The van der Waals surface area contributed by atoms with Crippen molar-refractivity contribution in [1.29, 1.82) is 0 Å². The van der Waals surface area contributed by atoms with Gasteiger partial charge in [-0.2, -0.15) is 0 Å². The highest BCUT2D eigenvalue weighted by molar-refractivity contribution is 5.90. The lowest BCUT2D eigenvalue weighted by Crippen LogP contribution is -2.50. The van der Waals surface area contributed by atoms with Crippen molar-refractivity contribution < 1.29 is 4.79 Å². The Labute approximate surface area is 160 Å². The number of benzene rings is 1. The third kappa shape index (κ3) is 4.32. The van der Waals surface area contributed by atoms with Crippen LogP contribution in [0.2, 0.25) is 0 Å². The zero-order chi connectivity index (χ0) is 18.5. The molecule has 142 valence electrons.